The van der Waals surface area contributed by atoms with Crippen LogP contribution >= 0.6 is 11.8 Å². The van der Waals surface area contributed by atoms with Gasteiger partial charge >= 0.3 is 23.9 Å². The average molecular weight is 409 g/mol. The Labute approximate surface area is 147 Å². The third-order valence-electron chi connectivity index (χ3n) is 2.94. The van der Waals surface area contributed by atoms with E-state index >= 15 is 0 Å². The van der Waals surface area contributed by atoms with E-state index in [1.165, 1.54) is 6.26 Å². The summed E-state index contributed by atoms with van der Waals surface area (Å²) in [5.41, 5.74) is 0. The molecule has 148 valence electrons. The normalized spacial score (nSPS) is 12.8. The summed E-state index contributed by atoms with van der Waals surface area (Å²) in [6, 6.07) is 0. The Kier molecular flexibility index (Phi) is 6.65. The van der Waals surface area contributed by atoms with Gasteiger partial charge in [0, 0.05) is 13.1 Å². The fourth-order valence-electron chi connectivity index (χ4n) is 1.65. The maximum Gasteiger partial charge on any atom is 0.460 e. The number of carbonyl (C=O) groups excluding carboxylic acids is 1. The molecule has 1 heterocycles. The number of carbonyl (C=O) groups is 1. The predicted molar refractivity (Wildman–Crippen MR) is 79.7 cm³/mol. The number of hydrogen-bond acceptors (Lipinski definition) is 6. The molecule has 0 spiro atoms. The number of nitrogens with one attached hydrogen (secondary N) is 1. The summed E-state index contributed by atoms with van der Waals surface area (Å²) >= 11 is 0.924. The molecule has 0 saturated carbocycles. The summed E-state index contributed by atoms with van der Waals surface area (Å²) in [5.74, 6) is -16.3. The molecule has 0 unspecified atom stereocenters. The molecule has 0 atom stereocenters. The van der Waals surface area contributed by atoms with Crippen LogP contribution in [0.4, 0.5) is 42.6 Å². The zero-order chi connectivity index (χ0) is 20.3. The predicted octanol–water partition coefficient (Wildman–Crippen LogP) is 3.21. The lowest BCUT2D eigenvalue weighted by Gasteiger charge is -2.30. The first-order chi connectivity index (χ1) is 11.8. The largest absolute Gasteiger partial charge is 0.460 e. The van der Waals surface area contributed by atoms with Crippen LogP contribution in [0, 0.1) is 0 Å². The van der Waals surface area contributed by atoms with Crippen molar-refractivity contribution in [1.29, 1.82) is 0 Å². The smallest absolute Gasteiger partial charge is 0.354 e. The van der Waals surface area contributed by atoms with E-state index < -0.39 is 36.4 Å². The Morgan fingerprint density at radius 3 is 2.08 bits per heavy atom. The standard InChI is InChI=1S/C12H14F7N5OS/c1-4-20-7-21-8(23-9(22-7)26-3)24(5-2)6(25)10(13,14)11(15,16)12(17,18)19/h4-5H2,1-3H3,(H,20,21,22,23). The second-order valence-electron chi connectivity index (χ2n) is 4.67. The van der Waals surface area contributed by atoms with E-state index in [0.717, 1.165) is 18.7 Å². The van der Waals surface area contributed by atoms with Crippen LogP contribution < -0.4 is 10.2 Å². The lowest BCUT2D eigenvalue weighted by molar-refractivity contribution is -0.343. The third kappa shape index (κ3) is 4.10. The van der Waals surface area contributed by atoms with Gasteiger partial charge in [0.05, 0.1) is 0 Å². The maximum atomic E-state index is 13.7. The van der Waals surface area contributed by atoms with Gasteiger partial charge in [-0.2, -0.15) is 45.7 Å². The monoisotopic (exact) mass is 409 g/mol. The molecule has 0 saturated heterocycles. The number of hydrogen-bond donors (Lipinski definition) is 1. The number of nitrogens with zero attached hydrogens (tertiary/aromatic N) is 4. The lowest BCUT2D eigenvalue weighted by atomic mass is 10.1. The van der Waals surface area contributed by atoms with E-state index in [0.29, 0.717) is 6.54 Å². The SMILES string of the molecule is CCNc1nc(SC)nc(N(CC)C(=O)C(F)(F)C(F)(F)C(F)(F)F)n1. The van der Waals surface area contributed by atoms with Gasteiger partial charge < -0.3 is 5.32 Å². The lowest BCUT2D eigenvalue weighted by Crippen LogP contribution is -2.60. The number of alkyl halides is 7. The average Bonchev–Trinajstić information content (AvgIpc) is 2.54. The molecule has 0 bridgehead atoms. The Morgan fingerprint density at radius 2 is 1.65 bits per heavy atom. The molecule has 14 heteroatoms. The quantitative estimate of drug-likeness (QED) is 0.551. The second kappa shape index (κ2) is 7.80. The minimum Gasteiger partial charge on any atom is -0.354 e. The van der Waals surface area contributed by atoms with Gasteiger partial charge in [-0.1, -0.05) is 11.8 Å². The van der Waals surface area contributed by atoms with Crippen LogP contribution in [0.1, 0.15) is 13.8 Å². The van der Waals surface area contributed by atoms with Crippen molar-refractivity contribution in [2.24, 2.45) is 0 Å². The van der Waals surface area contributed by atoms with Crippen LogP contribution in [0.25, 0.3) is 0 Å². The van der Waals surface area contributed by atoms with Crippen molar-refractivity contribution in [1.82, 2.24) is 15.0 Å². The van der Waals surface area contributed by atoms with Crippen molar-refractivity contribution in [3.05, 3.63) is 0 Å². The Morgan fingerprint density at radius 1 is 1.08 bits per heavy atom. The molecule has 1 aromatic heterocycles. The zero-order valence-corrected chi connectivity index (χ0v) is 14.5. The maximum absolute atomic E-state index is 13.7. The van der Waals surface area contributed by atoms with Crippen LogP contribution in [0.5, 0.6) is 0 Å². The third-order valence-corrected chi connectivity index (χ3v) is 3.49. The van der Waals surface area contributed by atoms with Crippen LogP contribution in [0.3, 0.4) is 0 Å². The van der Waals surface area contributed by atoms with E-state index in [-0.39, 0.29) is 16.0 Å². The van der Waals surface area contributed by atoms with Crippen LogP contribution in [0.2, 0.25) is 0 Å². The van der Waals surface area contributed by atoms with Crippen LogP contribution in [0.15, 0.2) is 5.16 Å². The highest BCUT2D eigenvalue weighted by Gasteiger charge is 2.77. The topological polar surface area (TPSA) is 71.0 Å². The number of amides is 1. The van der Waals surface area contributed by atoms with Gasteiger partial charge in [-0.25, -0.2) is 0 Å². The number of anilines is 2. The van der Waals surface area contributed by atoms with Crippen molar-refractivity contribution in [2.45, 2.75) is 37.0 Å². The molecule has 1 aromatic rings. The minimum atomic E-state index is -6.62. The van der Waals surface area contributed by atoms with Gasteiger partial charge in [0.2, 0.25) is 11.9 Å². The Bertz CT molecular complexity index is 655. The van der Waals surface area contributed by atoms with E-state index in [4.69, 9.17) is 0 Å². The molecule has 0 aliphatic carbocycles. The van der Waals surface area contributed by atoms with E-state index in [1.807, 2.05) is 0 Å². The Hall–Kier alpha value is -1.86. The molecule has 0 radical (unpaired) electrons. The highest BCUT2D eigenvalue weighted by molar-refractivity contribution is 7.98. The van der Waals surface area contributed by atoms with Crippen LogP contribution in [-0.4, -0.2) is 58.2 Å². The van der Waals surface area contributed by atoms with Gasteiger partial charge in [-0.3, -0.25) is 9.69 Å². The first-order valence-corrected chi connectivity index (χ1v) is 8.24. The molecule has 6 nitrogen and oxygen atoms in total. The molecule has 0 fully saturated rings. The zero-order valence-electron chi connectivity index (χ0n) is 13.7. The Balaban J connectivity index is 3.38. The molecule has 0 aliphatic heterocycles. The van der Waals surface area contributed by atoms with E-state index in [1.54, 1.807) is 6.92 Å². The second-order valence-corrected chi connectivity index (χ2v) is 5.45. The van der Waals surface area contributed by atoms with Crippen molar-refractivity contribution >= 4 is 29.6 Å². The number of aromatic nitrogens is 3. The summed E-state index contributed by atoms with van der Waals surface area (Å²) in [6.07, 6.45) is -5.12. The van der Waals surface area contributed by atoms with Crippen molar-refractivity contribution in [2.75, 3.05) is 29.6 Å². The minimum absolute atomic E-state index is 0.0527. The fourth-order valence-corrected chi connectivity index (χ4v) is 2.00. The molecule has 0 aromatic carbocycles. The molecular formula is C12H14F7N5OS. The van der Waals surface area contributed by atoms with Crippen LogP contribution in [-0.2, 0) is 4.79 Å². The van der Waals surface area contributed by atoms with Crippen molar-refractivity contribution in [3.8, 4) is 0 Å². The molecule has 1 N–H and O–H groups in total. The van der Waals surface area contributed by atoms with Gasteiger partial charge in [-0.05, 0) is 20.1 Å². The van der Waals surface area contributed by atoms with Crippen molar-refractivity contribution in [3.63, 3.8) is 0 Å². The summed E-state index contributed by atoms with van der Waals surface area (Å²) in [6.45, 7) is 2.35. The van der Waals surface area contributed by atoms with Gasteiger partial charge in [0.25, 0.3) is 0 Å². The number of rotatable bonds is 7. The first kappa shape index (κ1) is 22.2. The highest BCUT2D eigenvalue weighted by atomic mass is 32.2. The van der Waals surface area contributed by atoms with Crippen molar-refractivity contribution < 1.29 is 35.5 Å². The number of halogens is 7. The summed E-state index contributed by atoms with van der Waals surface area (Å²) in [5, 5.41) is 2.55. The van der Waals surface area contributed by atoms with Gasteiger partial charge in [-0.15, -0.1) is 0 Å². The summed E-state index contributed by atoms with van der Waals surface area (Å²) in [4.78, 5) is 22.9. The number of thioether (sulfide) groups is 1. The van der Waals surface area contributed by atoms with Gasteiger partial charge in [0.1, 0.15) is 0 Å². The molecule has 1 amide bonds. The summed E-state index contributed by atoms with van der Waals surface area (Å²) < 4.78 is 90.5. The first-order valence-electron chi connectivity index (χ1n) is 7.01. The summed E-state index contributed by atoms with van der Waals surface area (Å²) in [7, 11) is 0. The van der Waals surface area contributed by atoms with E-state index in [9.17, 15) is 35.5 Å². The molecule has 0 aliphatic rings. The van der Waals surface area contributed by atoms with Gasteiger partial charge in [0.15, 0.2) is 5.16 Å². The fraction of sp³-hybridized carbons (Fsp3) is 0.667. The van der Waals surface area contributed by atoms with E-state index in [2.05, 4.69) is 20.3 Å². The molecule has 1 rings (SSSR count). The molecular weight excluding hydrogens is 395 g/mol. The highest BCUT2D eigenvalue weighted by Crippen LogP contribution is 2.47. The molecule has 26 heavy (non-hydrogen) atoms.